The third-order valence-corrected chi connectivity index (χ3v) is 6.27. The van der Waals surface area contributed by atoms with Crippen molar-refractivity contribution in [1.82, 2.24) is 9.55 Å². The molecule has 3 aromatic rings. The summed E-state index contributed by atoms with van der Waals surface area (Å²) in [6.45, 7) is 1.47. The SMILES string of the molecule is O=C(O)C1CCCN(c2nc3ccsc3c(=O)n2Cc2ccc(Br)cc2)C1. The molecule has 0 aliphatic carbocycles. The molecule has 6 nitrogen and oxygen atoms in total. The van der Waals surface area contributed by atoms with Crippen LogP contribution in [0.1, 0.15) is 18.4 Å². The van der Waals surface area contributed by atoms with Gasteiger partial charge in [0, 0.05) is 17.6 Å². The average Bonchev–Trinajstić information content (AvgIpc) is 3.14. The van der Waals surface area contributed by atoms with E-state index in [-0.39, 0.29) is 5.56 Å². The van der Waals surface area contributed by atoms with Gasteiger partial charge in [-0.15, -0.1) is 11.3 Å². The quantitative estimate of drug-likeness (QED) is 0.661. The Labute approximate surface area is 168 Å². The first-order valence-corrected chi connectivity index (χ1v) is 10.4. The van der Waals surface area contributed by atoms with Gasteiger partial charge in [0.1, 0.15) is 4.70 Å². The molecule has 4 rings (SSSR count). The number of thiophene rings is 1. The Balaban J connectivity index is 1.79. The van der Waals surface area contributed by atoms with Gasteiger partial charge in [0.05, 0.1) is 18.0 Å². The van der Waals surface area contributed by atoms with Gasteiger partial charge in [-0.25, -0.2) is 4.98 Å². The molecule has 8 heteroatoms. The highest BCUT2D eigenvalue weighted by molar-refractivity contribution is 9.10. The van der Waals surface area contributed by atoms with Crippen LogP contribution in [0.4, 0.5) is 5.95 Å². The van der Waals surface area contributed by atoms with Gasteiger partial charge in [-0.05, 0) is 42.0 Å². The predicted octanol–water partition coefficient (Wildman–Crippen LogP) is 3.57. The molecular weight excluding hydrogens is 430 g/mol. The number of aliphatic carboxylic acids is 1. The minimum atomic E-state index is -0.793. The first kappa shape index (κ1) is 18.2. The van der Waals surface area contributed by atoms with Crippen molar-refractivity contribution in [2.75, 3.05) is 18.0 Å². The summed E-state index contributed by atoms with van der Waals surface area (Å²) >= 11 is 4.81. The van der Waals surface area contributed by atoms with Crippen molar-refractivity contribution in [3.8, 4) is 0 Å². The van der Waals surface area contributed by atoms with Gasteiger partial charge in [-0.1, -0.05) is 28.1 Å². The van der Waals surface area contributed by atoms with E-state index in [1.54, 1.807) is 4.57 Å². The largest absolute Gasteiger partial charge is 0.481 e. The summed E-state index contributed by atoms with van der Waals surface area (Å²) in [5.74, 6) is -0.673. The molecule has 0 radical (unpaired) electrons. The number of nitrogens with zero attached hydrogens (tertiary/aromatic N) is 3. The minimum Gasteiger partial charge on any atom is -0.481 e. The molecule has 3 heterocycles. The smallest absolute Gasteiger partial charge is 0.308 e. The van der Waals surface area contributed by atoms with Crippen LogP contribution in [0.3, 0.4) is 0 Å². The third-order valence-electron chi connectivity index (χ3n) is 4.85. The van der Waals surface area contributed by atoms with Crippen LogP contribution in [0.2, 0.25) is 0 Å². The molecule has 1 unspecified atom stereocenters. The zero-order chi connectivity index (χ0) is 19.0. The molecule has 1 fully saturated rings. The van der Waals surface area contributed by atoms with Gasteiger partial charge in [0.25, 0.3) is 5.56 Å². The first-order chi connectivity index (χ1) is 13.0. The molecule has 0 saturated carbocycles. The van der Waals surface area contributed by atoms with Crippen LogP contribution in [0.5, 0.6) is 0 Å². The van der Waals surface area contributed by atoms with Crippen molar-refractivity contribution in [3.05, 3.63) is 56.1 Å². The number of carboxylic acids is 1. The maximum Gasteiger partial charge on any atom is 0.308 e. The molecule has 0 spiro atoms. The Kier molecular flexibility index (Phi) is 5.01. The Morgan fingerprint density at radius 2 is 2.07 bits per heavy atom. The summed E-state index contributed by atoms with van der Waals surface area (Å²) in [7, 11) is 0. The lowest BCUT2D eigenvalue weighted by Gasteiger charge is -2.32. The number of benzene rings is 1. The van der Waals surface area contributed by atoms with Crippen LogP contribution in [-0.4, -0.2) is 33.7 Å². The maximum absolute atomic E-state index is 13.1. The van der Waals surface area contributed by atoms with E-state index in [9.17, 15) is 14.7 Å². The average molecular weight is 448 g/mol. The molecule has 1 aliphatic heterocycles. The van der Waals surface area contributed by atoms with Crippen LogP contribution in [0.25, 0.3) is 10.2 Å². The second-order valence-corrected chi connectivity index (χ2v) is 8.52. The lowest BCUT2D eigenvalue weighted by atomic mass is 9.99. The normalized spacial score (nSPS) is 17.4. The van der Waals surface area contributed by atoms with Gasteiger partial charge >= 0.3 is 5.97 Å². The third kappa shape index (κ3) is 3.64. The van der Waals surface area contributed by atoms with Crippen molar-refractivity contribution in [3.63, 3.8) is 0 Å². The van der Waals surface area contributed by atoms with Gasteiger partial charge in [0.15, 0.2) is 0 Å². The first-order valence-electron chi connectivity index (χ1n) is 8.73. The Bertz CT molecular complexity index is 1040. The van der Waals surface area contributed by atoms with Crippen molar-refractivity contribution in [2.24, 2.45) is 5.92 Å². The molecule has 27 heavy (non-hydrogen) atoms. The Morgan fingerprint density at radius 1 is 1.30 bits per heavy atom. The molecule has 1 N–H and O–H groups in total. The molecule has 1 saturated heterocycles. The lowest BCUT2D eigenvalue weighted by molar-refractivity contribution is -0.141. The minimum absolute atomic E-state index is 0.0784. The molecule has 1 aliphatic rings. The second kappa shape index (κ2) is 7.44. The molecular formula is C19H18BrN3O3S. The van der Waals surface area contributed by atoms with E-state index < -0.39 is 11.9 Å². The number of carbonyl (C=O) groups is 1. The van der Waals surface area contributed by atoms with Crippen LogP contribution in [0, 0.1) is 5.92 Å². The van der Waals surface area contributed by atoms with Crippen LogP contribution in [-0.2, 0) is 11.3 Å². The molecule has 0 bridgehead atoms. The highest BCUT2D eigenvalue weighted by Gasteiger charge is 2.28. The van der Waals surface area contributed by atoms with Crippen molar-refractivity contribution < 1.29 is 9.90 Å². The number of halogens is 1. The number of hydrogen-bond donors (Lipinski definition) is 1. The summed E-state index contributed by atoms with van der Waals surface area (Å²) in [4.78, 5) is 31.2. The van der Waals surface area contributed by atoms with E-state index in [2.05, 4.69) is 15.9 Å². The van der Waals surface area contributed by atoms with Crippen LogP contribution >= 0.6 is 27.3 Å². The van der Waals surface area contributed by atoms with E-state index in [1.807, 2.05) is 40.6 Å². The zero-order valence-corrected chi connectivity index (χ0v) is 16.9. The van der Waals surface area contributed by atoms with Crippen molar-refractivity contribution in [1.29, 1.82) is 0 Å². The summed E-state index contributed by atoms with van der Waals surface area (Å²) < 4.78 is 3.28. The Morgan fingerprint density at radius 3 is 2.81 bits per heavy atom. The highest BCUT2D eigenvalue weighted by atomic mass is 79.9. The van der Waals surface area contributed by atoms with Gasteiger partial charge in [-0.3, -0.25) is 14.2 Å². The number of carboxylic acid groups (broad SMARTS) is 1. The fraction of sp³-hybridized carbons (Fsp3) is 0.316. The molecule has 1 aromatic carbocycles. The van der Waals surface area contributed by atoms with Crippen LogP contribution in [0.15, 0.2) is 45.0 Å². The van der Waals surface area contributed by atoms with E-state index in [0.29, 0.717) is 42.2 Å². The summed E-state index contributed by atoms with van der Waals surface area (Å²) in [6, 6.07) is 9.66. The fourth-order valence-electron chi connectivity index (χ4n) is 3.45. The molecule has 0 amide bonds. The van der Waals surface area contributed by atoms with Gasteiger partial charge in [0.2, 0.25) is 5.95 Å². The molecule has 1 atom stereocenters. The fourth-order valence-corrected chi connectivity index (χ4v) is 4.49. The second-order valence-electron chi connectivity index (χ2n) is 6.69. The lowest BCUT2D eigenvalue weighted by Crippen LogP contribution is -2.42. The number of hydrogen-bond acceptors (Lipinski definition) is 5. The zero-order valence-electron chi connectivity index (χ0n) is 14.5. The van der Waals surface area contributed by atoms with Gasteiger partial charge < -0.3 is 10.0 Å². The highest BCUT2D eigenvalue weighted by Crippen LogP contribution is 2.25. The van der Waals surface area contributed by atoms with Crippen LogP contribution < -0.4 is 10.5 Å². The van der Waals surface area contributed by atoms with Gasteiger partial charge in [-0.2, -0.15) is 0 Å². The summed E-state index contributed by atoms with van der Waals surface area (Å²) in [6.07, 6.45) is 1.43. The monoisotopic (exact) mass is 447 g/mol. The van der Waals surface area contributed by atoms with E-state index >= 15 is 0 Å². The number of piperidine rings is 1. The van der Waals surface area contributed by atoms with Crippen molar-refractivity contribution in [2.45, 2.75) is 19.4 Å². The standard InChI is InChI=1S/C19H18BrN3O3S/c20-14-5-3-12(4-6-14)10-23-17(24)16-15(7-9-27-16)21-19(23)22-8-1-2-13(11-22)18(25)26/h3-7,9,13H,1-2,8,10-11H2,(H,25,26). The number of anilines is 1. The van der Waals surface area contributed by atoms with E-state index in [1.165, 1.54) is 11.3 Å². The maximum atomic E-state index is 13.1. The van der Waals surface area contributed by atoms with E-state index in [0.717, 1.165) is 16.5 Å². The summed E-state index contributed by atoms with van der Waals surface area (Å²) in [5.41, 5.74) is 1.58. The number of aromatic nitrogens is 2. The Hall–Kier alpha value is -2.19. The number of rotatable bonds is 4. The summed E-state index contributed by atoms with van der Waals surface area (Å²) in [5, 5.41) is 11.3. The number of fused-ring (bicyclic) bond motifs is 1. The predicted molar refractivity (Wildman–Crippen MR) is 110 cm³/mol. The van der Waals surface area contributed by atoms with E-state index in [4.69, 9.17) is 4.98 Å². The van der Waals surface area contributed by atoms with Crippen molar-refractivity contribution >= 4 is 49.4 Å². The molecule has 2 aromatic heterocycles. The molecule has 140 valence electrons. The topological polar surface area (TPSA) is 75.4 Å².